The highest BCUT2D eigenvalue weighted by molar-refractivity contribution is 5.80. The molecule has 0 aliphatic carbocycles. The van der Waals surface area contributed by atoms with E-state index in [2.05, 4.69) is 12.2 Å². The van der Waals surface area contributed by atoms with Crippen LogP contribution in [0.25, 0.3) is 0 Å². The van der Waals surface area contributed by atoms with E-state index in [1.165, 1.54) is 7.11 Å². The molecule has 0 aromatic rings. The summed E-state index contributed by atoms with van der Waals surface area (Å²) in [6, 6.07) is 0. The van der Waals surface area contributed by atoms with Crippen LogP contribution in [0, 0.1) is 0 Å². The van der Waals surface area contributed by atoms with Gasteiger partial charge in [0.05, 0.1) is 25.9 Å². The van der Waals surface area contributed by atoms with Crippen LogP contribution in [0.2, 0.25) is 0 Å². The molecule has 3 atom stereocenters. The van der Waals surface area contributed by atoms with Crippen LogP contribution in [-0.2, 0) is 19.0 Å². The van der Waals surface area contributed by atoms with E-state index in [0.717, 1.165) is 32.4 Å². The number of ether oxygens (including phenoxy) is 3. The lowest BCUT2D eigenvalue weighted by Gasteiger charge is -2.31. The Bertz CT molecular complexity index is 292. The molecule has 3 unspecified atom stereocenters. The Kier molecular flexibility index (Phi) is 7.48. The summed E-state index contributed by atoms with van der Waals surface area (Å²) in [5.41, 5.74) is -0.694. The molecular weight excluding hydrogens is 258 g/mol. The predicted octanol–water partition coefficient (Wildman–Crippen LogP) is 1.89. The van der Waals surface area contributed by atoms with Gasteiger partial charge in [-0.05, 0) is 39.7 Å². The number of hydrogen-bond donors (Lipinski definition) is 1. The lowest BCUT2D eigenvalue weighted by Crippen LogP contribution is -2.52. The van der Waals surface area contributed by atoms with Crippen LogP contribution in [0.3, 0.4) is 0 Å². The minimum atomic E-state index is -0.694. The van der Waals surface area contributed by atoms with E-state index in [1.807, 2.05) is 13.8 Å². The van der Waals surface area contributed by atoms with Crippen LogP contribution < -0.4 is 5.32 Å². The summed E-state index contributed by atoms with van der Waals surface area (Å²) < 4.78 is 16.3. The van der Waals surface area contributed by atoms with E-state index in [4.69, 9.17) is 14.2 Å². The van der Waals surface area contributed by atoms with Crippen LogP contribution in [0.4, 0.5) is 0 Å². The predicted molar refractivity (Wildman–Crippen MR) is 77.7 cm³/mol. The largest absolute Gasteiger partial charge is 0.468 e. The third kappa shape index (κ3) is 5.38. The van der Waals surface area contributed by atoms with E-state index < -0.39 is 5.54 Å². The maximum absolute atomic E-state index is 12.0. The maximum Gasteiger partial charge on any atom is 0.325 e. The van der Waals surface area contributed by atoms with Gasteiger partial charge >= 0.3 is 5.97 Å². The Morgan fingerprint density at radius 1 is 1.55 bits per heavy atom. The lowest BCUT2D eigenvalue weighted by molar-refractivity contribution is -0.150. The Hall–Kier alpha value is -0.650. The van der Waals surface area contributed by atoms with E-state index in [1.54, 1.807) is 0 Å². The third-order valence-electron chi connectivity index (χ3n) is 3.69. The van der Waals surface area contributed by atoms with Crippen molar-refractivity contribution < 1.29 is 19.0 Å². The Labute approximate surface area is 122 Å². The van der Waals surface area contributed by atoms with Crippen LogP contribution in [0.15, 0.2) is 0 Å². The summed E-state index contributed by atoms with van der Waals surface area (Å²) in [5, 5.41) is 3.27. The molecule has 0 aromatic carbocycles. The lowest BCUT2D eigenvalue weighted by atomic mass is 9.94. The van der Waals surface area contributed by atoms with Crippen molar-refractivity contribution in [2.24, 2.45) is 0 Å². The summed E-state index contributed by atoms with van der Waals surface area (Å²) in [5.74, 6) is -0.237. The van der Waals surface area contributed by atoms with Crippen molar-refractivity contribution in [1.29, 1.82) is 0 Å². The van der Waals surface area contributed by atoms with Gasteiger partial charge in [0.15, 0.2) is 0 Å². The zero-order chi connectivity index (χ0) is 15.0. The summed E-state index contributed by atoms with van der Waals surface area (Å²) in [6.45, 7) is 8.16. The first-order valence-electron chi connectivity index (χ1n) is 7.58. The molecule has 1 aliphatic heterocycles. The van der Waals surface area contributed by atoms with Crippen LogP contribution >= 0.6 is 0 Å². The van der Waals surface area contributed by atoms with E-state index in [-0.39, 0.29) is 18.2 Å². The fourth-order valence-electron chi connectivity index (χ4n) is 2.54. The van der Waals surface area contributed by atoms with E-state index in [0.29, 0.717) is 13.0 Å². The Balaban J connectivity index is 2.43. The van der Waals surface area contributed by atoms with Gasteiger partial charge in [0, 0.05) is 13.0 Å². The molecule has 5 heteroatoms. The molecule has 1 heterocycles. The minimum Gasteiger partial charge on any atom is -0.468 e. The normalized spacial score (nSPS) is 23.3. The molecule has 1 fully saturated rings. The molecular formula is C15H29NO4. The van der Waals surface area contributed by atoms with Crippen molar-refractivity contribution >= 4 is 5.97 Å². The van der Waals surface area contributed by atoms with Gasteiger partial charge in [0.2, 0.25) is 0 Å². The summed E-state index contributed by atoms with van der Waals surface area (Å²) in [6.07, 6.45) is 3.93. The number of carbonyl (C=O) groups excluding carboxylic acids is 1. The number of methoxy groups -OCH3 is 1. The monoisotopic (exact) mass is 287 g/mol. The van der Waals surface area contributed by atoms with Crippen molar-refractivity contribution in [2.75, 3.05) is 26.9 Å². The highest BCUT2D eigenvalue weighted by atomic mass is 16.5. The van der Waals surface area contributed by atoms with Crippen molar-refractivity contribution in [3.05, 3.63) is 0 Å². The van der Waals surface area contributed by atoms with Crippen LogP contribution in [-0.4, -0.2) is 50.6 Å². The van der Waals surface area contributed by atoms with Crippen molar-refractivity contribution in [1.82, 2.24) is 5.32 Å². The average Bonchev–Trinajstić information content (AvgIpc) is 2.95. The van der Waals surface area contributed by atoms with Crippen LogP contribution in [0.1, 0.15) is 46.5 Å². The first-order valence-corrected chi connectivity index (χ1v) is 7.58. The van der Waals surface area contributed by atoms with Crippen molar-refractivity contribution in [3.63, 3.8) is 0 Å². The summed E-state index contributed by atoms with van der Waals surface area (Å²) in [4.78, 5) is 12.0. The first kappa shape index (κ1) is 17.4. The molecule has 0 spiro atoms. The van der Waals surface area contributed by atoms with Gasteiger partial charge in [-0.2, -0.15) is 0 Å². The van der Waals surface area contributed by atoms with Gasteiger partial charge in [0.1, 0.15) is 5.54 Å². The Morgan fingerprint density at radius 2 is 2.30 bits per heavy atom. The number of hydrogen-bond acceptors (Lipinski definition) is 5. The quantitative estimate of drug-likeness (QED) is 0.656. The SMILES string of the molecule is CCCNC(C)(CC(C)OCC1CCCO1)C(=O)OC. The fourth-order valence-corrected chi connectivity index (χ4v) is 2.54. The van der Waals surface area contributed by atoms with Gasteiger partial charge in [0.25, 0.3) is 0 Å². The van der Waals surface area contributed by atoms with Gasteiger partial charge < -0.3 is 19.5 Å². The zero-order valence-electron chi connectivity index (χ0n) is 13.2. The maximum atomic E-state index is 12.0. The average molecular weight is 287 g/mol. The molecule has 0 saturated carbocycles. The number of rotatable bonds is 9. The second-order valence-corrected chi connectivity index (χ2v) is 5.73. The van der Waals surface area contributed by atoms with Crippen LogP contribution in [0.5, 0.6) is 0 Å². The summed E-state index contributed by atoms with van der Waals surface area (Å²) in [7, 11) is 1.42. The second-order valence-electron chi connectivity index (χ2n) is 5.73. The standard InChI is InChI=1S/C15H29NO4/c1-5-8-16-15(3,14(17)18-4)10-12(2)20-11-13-7-6-9-19-13/h12-13,16H,5-11H2,1-4H3. The molecule has 1 N–H and O–H groups in total. The molecule has 1 aliphatic rings. The minimum absolute atomic E-state index is 0.0207. The highest BCUT2D eigenvalue weighted by Crippen LogP contribution is 2.19. The van der Waals surface area contributed by atoms with E-state index in [9.17, 15) is 4.79 Å². The molecule has 118 valence electrons. The number of nitrogens with one attached hydrogen (secondary N) is 1. The molecule has 0 bridgehead atoms. The van der Waals surface area contributed by atoms with Gasteiger partial charge in [-0.1, -0.05) is 6.92 Å². The second kappa shape index (κ2) is 8.60. The van der Waals surface area contributed by atoms with Gasteiger partial charge in [-0.25, -0.2) is 0 Å². The first-order chi connectivity index (χ1) is 9.51. The smallest absolute Gasteiger partial charge is 0.325 e. The van der Waals surface area contributed by atoms with Gasteiger partial charge in [-0.3, -0.25) is 4.79 Å². The molecule has 1 saturated heterocycles. The molecule has 1 rings (SSSR count). The topological polar surface area (TPSA) is 56.8 Å². The third-order valence-corrected chi connectivity index (χ3v) is 3.69. The molecule has 20 heavy (non-hydrogen) atoms. The molecule has 0 amide bonds. The zero-order valence-corrected chi connectivity index (χ0v) is 13.2. The van der Waals surface area contributed by atoms with Crippen molar-refractivity contribution in [2.45, 2.75) is 64.2 Å². The number of carbonyl (C=O) groups is 1. The number of esters is 1. The molecule has 0 aromatic heterocycles. The van der Waals surface area contributed by atoms with E-state index >= 15 is 0 Å². The Morgan fingerprint density at radius 3 is 2.85 bits per heavy atom. The molecule has 0 radical (unpaired) electrons. The van der Waals surface area contributed by atoms with Crippen molar-refractivity contribution in [3.8, 4) is 0 Å². The van der Waals surface area contributed by atoms with Gasteiger partial charge in [-0.15, -0.1) is 0 Å². The summed E-state index contributed by atoms with van der Waals surface area (Å²) >= 11 is 0. The fraction of sp³-hybridized carbons (Fsp3) is 0.933. The molecule has 5 nitrogen and oxygen atoms in total. The highest BCUT2D eigenvalue weighted by Gasteiger charge is 2.35.